The van der Waals surface area contributed by atoms with Crippen LogP contribution in [0.15, 0.2) is 48.5 Å². The fourth-order valence-electron chi connectivity index (χ4n) is 4.20. The molecule has 1 saturated carbocycles. The van der Waals surface area contributed by atoms with E-state index < -0.39 is 5.91 Å². The number of nitrogens with two attached hydrogens (primary N) is 1. The molecule has 0 bridgehead atoms. The van der Waals surface area contributed by atoms with Crippen LogP contribution in [0.4, 0.5) is 0 Å². The van der Waals surface area contributed by atoms with Crippen molar-refractivity contribution in [1.82, 2.24) is 4.98 Å². The standard InChI is InChI=1S/C24H23N3O2/c25-14-20-22(12-16-6-4-5-7-16)27-21-11-10-18(29-15-23(26)28)13-19(21)24(20)17-8-2-1-3-9-17/h1-3,8-11,13,16H,4-7,12,15H2,(H2,26,28). The van der Waals surface area contributed by atoms with Crippen molar-refractivity contribution in [3.63, 3.8) is 0 Å². The van der Waals surface area contributed by atoms with E-state index in [1.165, 1.54) is 25.7 Å². The zero-order valence-electron chi connectivity index (χ0n) is 16.2. The highest BCUT2D eigenvalue weighted by molar-refractivity contribution is 5.98. The molecule has 1 aliphatic carbocycles. The third-order valence-electron chi connectivity index (χ3n) is 5.54. The number of fused-ring (bicyclic) bond motifs is 1. The summed E-state index contributed by atoms with van der Waals surface area (Å²) in [4.78, 5) is 15.9. The van der Waals surface area contributed by atoms with E-state index in [2.05, 4.69) is 6.07 Å². The van der Waals surface area contributed by atoms with Crippen molar-refractivity contribution < 1.29 is 9.53 Å². The van der Waals surface area contributed by atoms with Gasteiger partial charge in [0.15, 0.2) is 6.61 Å². The van der Waals surface area contributed by atoms with E-state index in [1.54, 1.807) is 6.07 Å². The number of amides is 1. The van der Waals surface area contributed by atoms with Crippen molar-refractivity contribution in [2.75, 3.05) is 6.61 Å². The molecule has 1 fully saturated rings. The number of carbonyl (C=O) groups is 1. The second kappa shape index (κ2) is 8.32. The van der Waals surface area contributed by atoms with Gasteiger partial charge in [-0.3, -0.25) is 9.78 Å². The molecule has 1 aromatic heterocycles. The van der Waals surface area contributed by atoms with Gasteiger partial charge in [-0.2, -0.15) is 5.26 Å². The molecule has 29 heavy (non-hydrogen) atoms. The van der Waals surface area contributed by atoms with Crippen LogP contribution in [0.2, 0.25) is 0 Å². The Hall–Kier alpha value is -3.39. The highest BCUT2D eigenvalue weighted by atomic mass is 16.5. The van der Waals surface area contributed by atoms with Crippen LogP contribution >= 0.6 is 0 Å². The summed E-state index contributed by atoms with van der Waals surface area (Å²) in [6, 6.07) is 17.8. The Morgan fingerprint density at radius 2 is 1.93 bits per heavy atom. The molecule has 5 nitrogen and oxygen atoms in total. The lowest BCUT2D eigenvalue weighted by Gasteiger charge is -2.16. The number of hydrogen-bond acceptors (Lipinski definition) is 4. The maximum atomic E-state index is 11.1. The summed E-state index contributed by atoms with van der Waals surface area (Å²) >= 11 is 0. The second-order valence-corrected chi connectivity index (χ2v) is 7.57. The van der Waals surface area contributed by atoms with Gasteiger partial charge in [0.25, 0.3) is 5.91 Å². The van der Waals surface area contributed by atoms with Gasteiger partial charge in [-0.25, -0.2) is 0 Å². The molecule has 2 aromatic carbocycles. The van der Waals surface area contributed by atoms with Gasteiger partial charge in [0.2, 0.25) is 0 Å². The quantitative estimate of drug-likeness (QED) is 0.682. The molecule has 146 valence electrons. The smallest absolute Gasteiger partial charge is 0.255 e. The summed E-state index contributed by atoms with van der Waals surface area (Å²) in [6.07, 6.45) is 5.74. The Morgan fingerprint density at radius 1 is 1.17 bits per heavy atom. The first-order valence-electron chi connectivity index (χ1n) is 9.99. The largest absolute Gasteiger partial charge is 0.484 e. The van der Waals surface area contributed by atoms with Gasteiger partial charge in [0.1, 0.15) is 11.8 Å². The lowest BCUT2D eigenvalue weighted by molar-refractivity contribution is -0.119. The van der Waals surface area contributed by atoms with Gasteiger partial charge in [-0.05, 0) is 36.1 Å². The number of rotatable bonds is 6. The van der Waals surface area contributed by atoms with E-state index in [1.807, 2.05) is 42.5 Å². The molecule has 0 spiro atoms. The number of hydrogen-bond donors (Lipinski definition) is 1. The Balaban J connectivity index is 1.89. The highest BCUT2D eigenvalue weighted by Gasteiger charge is 2.22. The third-order valence-corrected chi connectivity index (χ3v) is 5.54. The average Bonchev–Trinajstić information content (AvgIpc) is 3.25. The van der Waals surface area contributed by atoms with Gasteiger partial charge in [-0.1, -0.05) is 56.0 Å². The predicted molar refractivity (Wildman–Crippen MR) is 112 cm³/mol. The number of ether oxygens (including phenoxy) is 1. The van der Waals surface area contributed by atoms with Gasteiger partial charge in [0, 0.05) is 10.9 Å². The van der Waals surface area contributed by atoms with E-state index in [4.69, 9.17) is 15.5 Å². The van der Waals surface area contributed by atoms with Crippen molar-refractivity contribution >= 4 is 16.8 Å². The zero-order valence-corrected chi connectivity index (χ0v) is 16.2. The maximum absolute atomic E-state index is 11.1. The summed E-state index contributed by atoms with van der Waals surface area (Å²) in [5.41, 5.74) is 9.36. The number of nitrogens with zero attached hydrogens (tertiary/aromatic N) is 2. The van der Waals surface area contributed by atoms with Crippen molar-refractivity contribution in [1.29, 1.82) is 5.26 Å². The minimum atomic E-state index is -0.531. The van der Waals surface area contributed by atoms with E-state index in [9.17, 15) is 10.1 Å². The minimum Gasteiger partial charge on any atom is -0.484 e. The van der Waals surface area contributed by atoms with Crippen LogP contribution < -0.4 is 10.5 Å². The van der Waals surface area contributed by atoms with Crippen LogP contribution in [0.25, 0.3) is 22.0 Å². The molecule has 5 heteroatoms. The number of nitriles is 1. The molecule has 1 amide bonds. The summed E-state index contributed by atoms with van der Waals surface area (Å²) < 4.78 is 5.49. The number of benzene rings is 2. The summed E-state index contributed by atoms with van der Waals surface area (Å²) in [5, 5.41) is 10.9. The first kappa shape index (κ1) is 18.9. The maximum Gasteiger partial charge on any atom is 0.255 e. The third kappa shape index (κ3) is 4.07. The van der Waals surface area contributed by atoms with Crippen LogP contribution in [-0.4, -0.2) is 17.5 Å². The Bertz CT molecular complexity index is 1080. The van der Waals surface area contributed by atoms with Gasteiger partial charge in [-0.15, -0.1) is 0 Å². The number of pyridine rings is 1. The van der Waals surface area contributed by atoms with Gasteiger partial charge < -0.3 is 10.5 Å². The zero-order chi connectivity index (χ0) is 20.2. The van der Waals surface area contributed by atoms with Crippen LogP contribution in [0, 0.1) is 17.2 Å². The molecule has 0 unspecified atom stereocenters. The Kier molecular flexibility index (Phi) is 5.44. The fraction of sp³-hybridized carbons (Fsp3) is 0.292. The van der Waals surface area contributed by atoms with Crippen molar-refractivity contribution in [2.24, 2.45) is 11.7 Å². The number of carbonyl (C=O) groups excluding carboxylic acids is 1. The van der Waals surface area contributed by atoms with Gasteiger partial charge >= 0.3 is 0 Å². The first-order valence-corrected chi connectivity index (χ1v) is 9.99. The van der Waals surface area contributed by atoms with Crippen LogP contribution in [-0.2, 0) is 11.2 Å². The molecule has 4 rings (SSSR count). The Labute approximate surface area is 170 Å². The molecule has 2 N–H and O–H groups in total. The molecule has 3 aromatic rings. The first-order chi connectivity index (χ1) is 14.2. The predicted octanol–water partition coefficient (Wildman–Crippen LogP) is 4.37. The van der Waals surface area contributed by atoms with Crippen LogP contribution in [0.3, 0.4) is 0 Å². The SMILES string of the molecule is N#Cc1c(CC2CCCC2)nc2ccc(OCC(N)=O)cc2c1-c1ccccc1. The van der Waals surface area contributed by atoms with E-state index >= 15 is 0 Å². The van der Waals surface area contributed by atoms with Crippen LogP contribution in [0.1, 0.15) is 36.9 Å². The molecule has 0 aliphatic heterocycles. The molecule has 1 heterocycles. The monoisotopic (exact) mass is 385 g/mol. The molecule has 0 atom stereocenters. The van der Waals surface area contributed by atoms with Crippen molar-refractivity contribution in [2.45, 2.75) is 32.1 Å². The molecule has 1 aliphatic rings. The Morgan fingerprint density at radius 3 is 2.62 bits per heavy atom. The van der Waals surface area contributed by atoms with E-state index in [-0.39, 0.29) is 6.61 Å². The lowest BCUT2D eigenvalue weighted by Crippen LogP contribution is -2.20. The van der Waals surface area contributed by atoms with E-state index in [0.29, 0.717) is 17.2 Å². The minimum absolute atomic E-state index is 0.190. The number of aromatic nitrogens is 1. The van der Waals surface area contributed by atoms with Gasteiger partial charge in [0.05, 0.1) is 16.8 Å². The molecular formula is C24H23N3O2. The van der Waals surface area contributed by atoms with E-state index in [0.717, 1.165) is 34.1 Å². The summed E-state index contributed by atoms with van der Waals surface area (Å²) in [7, 11) is 0. The molecule has 0 saturated heterocycles. The lowest BCUT2D eigenvalue weighted by atomic mass is 9.91. The second-order valence-electron chi connectivity index (χ2n) is 7.57. The highest BCUT2D eigenvalue weighted by Crippen LogP contribution is 2.37. The normalized spacial score (nSPS) is 14.0. The topological polar surface area (TPSA) is 89.0 Å². The van der Waals surface area contributed by atoms with Crippen molar-refractivity contribution in [3.05, 3.63) is 59.8 Å². The summed E-state index contributed by atoms with van der Waals surface area (Å²) in [5.74, 6) is 0.590. The molecule has 0 radical (unpaired) electrons. The number of primary amides is 1. The fourth-order valence-corrected chi connectivity index (χ4v) is 4.20. The summed E-state index contributed by atoms with van der Waals surface area (Å²) in [6.45, 7) is -0.190. The molecular weight excluding hydrogens is 362 g/mol. The van der Waals surface area contributed by atoms with Crippen molar-refractivity contribution in [3.8, 4) is 22.9 Å². The average molecular weight is 385 g/mol. The van der Waals surface area contributed by atoms with Crippen LogP contribution in [0.5, 0.6) is 5.75 Å².